The van der Waals surface area contributed by atoms with Gasteiger partial charge in [0.25, 0.3) is 0 Å². The molecule has 8 atom stereocenters. The highest BCUT2D eigenvalue weighted by atomic mass is 32.1. The molecule has 1 aromatic heterocycles. The fourth-order valence-electron chi connectivity index (χ4n) is 8.12. The van der Waals surface area contributed by atoms with Crippen LogP contribution in [0.4, 0.5) is 4.79 Å². The van der Waals surface area contributed by atoms with Gasteiger partial charge in [-0.1, -0.05) is 130 Å². The minimum Gasteiger partial charge on any atom is -0.360 e. The van der Waals surface area contributed by atoms with Crippen LogP contribution in [0.15, 0.2) is 77.2 Å². The largest absolute Gasteiger partial charge is 0.360 e. The fraction of sp³-hybridized carbons (Fsp3) is 0.542. The van der Waals surface area contributed by atoms with E-state index in [2.05, 4.69) is 42.2 Å². The molecule has 16 nitrogen and oxygen atoms in total. The van der Waals surface area contributed by atoms with Crippen molar-refractivity contribution < 1.29 is 28.8 Å². The number of benzene rings is 2. The number of carbonyl (C=O) groups excluding carboxylic acids is 6. The highest BCUT2D eigenvalue weighted by molar-refractivity contribution is 7.09. The summed E-state index contributed by atoms with van der Waals surface area (Å²) in [5.74, 6) is -2.91. The van der Waals surface area contributed by atoms with Crippen molar-refractivity contribution in [3.63, 3.8) is 0 Å². The third-order valence-electron chi connectivity index (χ3n) is 12.0. The third-order valence-corrected chi connectivity index (χ3v) is 12.9. The van der Waals surface area contributed by atoms with Crippen LogP contribution >= 0.6 is 11.3 Å². The summed E-state index contributed by atoms with van der Waals surface area (Å²) in [5, 5.41) is 23.6. The zero-order chi connectivity index (χ0) is 47.6. The van der Waals surface area contributed by atoms with Crippen molar-refractivity contribution in [2.75, 3.05) is 19.6 Å². The van der Waals surface area contributed by atoms with Crippen LogP contribution in [0.2, 0.25) is 0 Å². The van der Waals surface area contributed by atoms with Gasteiger partial charge in [0.05, 0.1) is 12.1 Å². The second-order valence-corrected chi connectivity index (χ2v) is 20.6. The first-order valence-corrected chi connectivity index (χ1v) is 23.4. The molecule has 0 radical (unpaired) electrons. The maximum Gasteiger partial charge on any atom is 0.315 e. The first-order chi connectivity index (χ1) is 30.6. The Balaban J connectivity index is 1.46. The van der Waals surface area contributed by atoms with E-state index in [0.717, 1.165) is 11.1 Å². The maximum absolute atomic E-state index is 15.0. The Morgan fingerprint density at radius 1 is 0.862 bits per heavy atom. The molecule has 7 N–H and O–H groups in total. The van der Waals surface area contributed by atoms with Gasteiger partial charge in [0.2, 0.25) is 29.5 Å². The molecule has 7 amide bonds. The van der Waals surface area contributed by atoms with E-state index in [0.29, 0.717) is 24.5 Å². The quantitative estimate of drug-likeness (QED) is 0.130. The predicted molar refractivity (Wildman–Crippen MR) is 253 cm³/mol. The van der Waals surface area contributed by atoms with Crippen LogP contribution in [0.25, 0.3) is 0 Å². The van der Waals surface area contributed by atoms with Gasteiger partial charge in [-0.15, -0.1) is 11.3 Å². The SMILES string of the molecule is CC(C)[C@@H]1NC(=O)[C@@H]2[C@H](C)CCN2C(=O)CN=C(N[C@H](C(=O)N[C@H](C(=O)N[C@H](CNC(=O)NCc2ccccc2)c2nccs2)[C@@H](C)c2ccccc2)C(C)(C)C)[C@H](C(C)(C)C)NC1=O. The molecule has 2 aliphatic heterocycles. The molecule has 2 aromatic carbocycles. The normalized spacial score (nSPS) is 21.5. The van der Waals surface area contributed by atoms with Crippen LogP contribution in [0.5, 0.6) is 0 Å². The van der Waals surface area contributed by atoms with Gasteiger partial charge >= 0.3 is 6.03 Å². The van der Waals surface area contributed by atoms with Crippen molar-refractivity contribution >= 4 is 52.7 Å². The molecule has 0 spiro atoms. The number of fused-ring (bicyclic) bond motifs is 1. The number of nitrogens with zero attached hydrogens (tertiary/aromatic N) is 3. The van der Waals surface area contributed by atoms with Crippen molar-refractivity contribution in [1.82, 2.24) is 47.1 Å². The zero-order valence-corrected chi connectivity index (χ0v) is 40.2. The number of thiazole rings is 1. The molecule has 5 rings (SSSR count). The van der Waals surface area contributed by atoms with Crippen molar-refractivity contribution in [2.24, 2.45) is 27.7 Å². The van der Waals surface area contributed by atoms with Crippen LogP contribution in [-0.4, -0.2) is 101 Å². The number of hydrogen-bond acceptors (Lipinski definition) is 10. The van der Waals surface area contributed by atoms with Crippen molar-refractivity contribution in [2.45, 2.75) is 124 Å². The van der Waals surface area contributed by atoms with E-state index in [1.807, 2.05) is 130 Å². The van der Waals surface area contributed by atoms with Crippen molar-refractivity contribution in [1.29, 1.82) is 0 Å². The average molecular weight is 913 g/mol. The Kier molecular flexibility index (Phi) is 16.9. The van der Waals surface area contributed by atoms with Gasteiger partial charge in [0, 0.05) is 37.1 Å². The van der Waals surface area contributed by atoms with Crippen molar-refractivity contribution in [3.05, 3.63) is 88.4 Å². The highest BCUT2D eigenvalue weighted by Crippen LogP contribution is 2.28. The smallest absolute Gasteiger partial charge is 0.315 e. The Bertz CT molecular complexity index is 2140. The minimum absolute atomic E-state index is 0.0172. The number of aromatic nitrogens is 1. The molecule has 17 heteroatoms. The van der Waals surface area contributed by atoms with Gasteiger partial charge in [-0.05, 0) is 40.2 Å². The molecule has 65 heavy (non-hydrogen) atoms. The van der Waals surface area contributed by atoms with E-state index in [-0.39, 0.29) is 42.6 Å². The lowest BCUT2D eigenvalue weighted by Crippen LogP contribution is -2.65. The summed E-state index contributed by atoms with van der Waals surface area (Å²) in [4.78, 5) is 95.3. The first kappa shape index (κ1) is 50.2. The number of amidine groups is 1. The van der Waals surface area contributed by atoms with Crippen LogP contribution < -0.4 is 37.2 Å². The molecular weight excluding hydrogens is 845 g/mol. The molecule has 0 bridgehead atoms. The fourth-order valence-corrected chi connectivity index (χ4v) is 8.81. The van der Waals surface area contributed by atoms with Crippen LogP contribution in [0, 0.1) is 22.7 Å². The lowest BCUT2D eigenvalue weighted by Gasteiger charge is -2.39. The number of carbonyl (C=O) groups is 6. The van der Waals surface area contributed by atoms with E-state index in [4.69, 9.17) is 4.99 Å². The van der Waals surface area contributed by atoms with Crippen LogP contribution in [0.1, 0.15) is 104 Å². The third kappa shape index (κ3) is 13.4. The molecule has 0 aliphatic carbocycles. The van der Waals surface area contributed by atoms with Crippen molar-refractivity contribution in [3.8, 4) is 0 Å². The Hall–Kier alpha value is -5.84. The number of aliphatic imine (C=N–C) groups is 1. The second-order valence-electron chi connectivity index (χ2n) is 19.6. The lowest BCUT2D eigenvalue weighted by atomic mass is 9.82. The van der Waals surface area contributed by atoms with Gasteiger partial charge in [0.15, 0.2) is 0 Å². The molecule has 0 unspecified atom stereocenters. The standard InChI is InChI=1S/C48H68N10O6S/c1-28(2)35-41(60)57-38(47(5,6)7)40(50-27-34(59)58-23-21-29(3)37(58)43(62)54-35)56-39(48(8,9)10)44(63)55-36(30(4)32-19-15-12-16-20-32)42(61)53-33(45-49-22-24-65-45)26-52-46(64)51-25-31-17-13-11-14-18-31/h11-20,22,24,28-30,33,35-39H,21,23,25-27H2,1-10H3,(H,50,56)(H,53,61)(H,54,62)(H,55,63)(H,57,60)(H2,51,52,64)/t29-,30+,33-,35+,36+,37+,38-,39-/m1/s1. The second kappa shape index (κ2) is 21.9. The number of amides is 7. The van der Waals surface area contributed by atoms with Crippen LogP contribution in [0.3, 0.4) is 0 Å². The molecule has 3 heterocycles. The molecule has 2 aliphatic rings. The van der Waals surface area contributed by atoms with E-state index < -0.39 is 76.8 Å². The number of nitrogens with one attached hydrogen (secondary N) is 7. The predicted octanol–water partition coefficient (Wildman–Crippen LogP) is 4.41. The van der Waals surface area contributed by atoms with Gasteiger partial charge in [-0.2, -0.15) is 0 Å². The molecule has 352 valence electrons. The number of urea groups is 1. The number of rotatable bonds is 13. The zero-order valence-electron chi connectivity index (χ0n) is 39.4. The topological polar surface area (TPSA) is 215 Å². The van der Waals surface area contributed by atoms with Gasteiger partial charge in [-0.3, -0.25) is 29.0 Å². The summed E-state index contributed by atoms with van der Waals surface area (Å²) < 4.78 is 0. The first-order valence-electron chi connectivity index (χ1n) is 22.5. The highest BCUT2D eigenvalue weighted by Gasteiger charge is 2.44. The average Bonchev–Trinajstić information content (AvgIpc) is 3.94. The van der Waals surface area contributed by atoms with E-state index >= 15 is 0 Å². The van der Waals surface area contributed by atoms with Crippen LogP contribution in [-0.2, 0) is 30.5 Å². The monoisotopic (exact) mass is 913 g/mol. The summed E-state index contributed by atoms with van der Waals surface area (Å²) in [6.07, 6.45) is 2.24. The summed E-state index contributed by atoms with van der Waals surface area (Å²) in [6.45, 7) is 19.2. The van der Waals surface area contributed by atoms with Gasteiger partial charge in [-0.25, -0.2) is 9.78 Å². The Morgan fingerprint density at radius 3 is 2.12 bits per heavy atom. The number of hydrogen-bond donors (Lipinski definition) is 7. The van der Waals surface area contributed by atoms with E-state index in [1.165, 1.54) is 16.2 Å². The van der Waals surface area contributed by atoms with E-state index in [9.17, 15) is 28.8 Å². The molecule has 3 aromatic rings. The summed E-state index contributed by atoms with van der Waals surface area (Å²) >= 11 is 1.33. The maximum atomic E-state index is 15.0. The van der Waals surface area contributed by atoms with Gasteiger partial charge in [0.1, 0.15) is 41.6 Å². The Morgan fingerprint density at radius 2 is 1.52 bits per heavy atom. The molecular formula is C48H68N10O6S. The lowest BCUT2D eigenvalue weighted by molar-refractivity contribution is -0.140. The molecule has 1 fully saturated rings. The minimum atomic E-state index is -1.12. The Labute approximate surface area is 387 Å². The van der Waals surface area contributed by atoms with Gasteiger partial charge < -0.3 is 42.1 Å². The summed E-state index contributed by atoms with van der Waals surface area (Å²) in [6, 6.07) is 13.0. The summed E-state index contributed by atoms with van der Waals surface area (Å²) in [7, 11) is 0. The molecule has 1 saturated heterocycles. The van der Waals surface area contributed by atoms with E-state index in [1.54, 1.807) is 11.6 Å². The molecule has 0 saturated carbocycles. The summed E-state index contributed by atoms with van der Waals surface area (Å²) in [5.41, 5.74) is 0.218.